The first-order valence-corrected chi connectivity index (χ1v) is 3.77. The predicted molar refractivity (Wildman–Crippen MR) is 46.7 cm³/mol. The number of nitrogens with one attached hydrogen (secondary N) is 1. The minimum atomic E-state index is -1.08. The van der Waals surface area contributed by atoms with Gasteiger partial charge < -0.3 is 10.2 Å². The molecule has 0 aliphatic carbocycles. The van der Waals surface area contributed by atoms with Crippen LogP contribution in [0.15, 0.2) is 24.3 Å². The van der Waals surface area contributed by atoms with E-state index in [0.717, 1.165) is 0 Å². The van der Waals surface area contributed by atoms with Gasteiger partial charge in [0.25, 0.3) is 0 Å². The highest BCUT2D eigenvalue weighted by Crippen LogP contribution is 2.20. The molecule has 0 aliphatic heterocycles. The fraction of sp³-hybridized carbons (Fsp3) is 0.333. The lowest BCUT2D eigenvalue weighted by molar-refractivity contribution is 0.0280. The van der Waals surface area contributed by atoms with Crippen molar-refractivity contribution in [1.82, 2.24) is 5.32 Å². The highest BCUT2D eigenvalue weighted by Gasteiger charge is 2.19. The molecule has 0 heterocycles. The van der Waals surface area contributed by atoms with E-state index >= 15 is 0 Å². The van der Waals surface area contributed by atoms with Crippen molar-refractivity contribution in [3.63, 3.8) is 0 Å². The van der Waals surface area contributed by atoms with E-state index in [0.29, 0.717) is 5.56 Å². The van der Waals surface area contributed by atoms with Crippen LogP contribution in [0.3, 0.4) is 0 Å². The molecule has 1 unspecified atom stereocenters. The van der Waals surface area contributed by atoms with Crippen molar-refractivity contribution >= 4 is 0 Å². The second-order valence-corrected chi connectivity index (χ2v) is 2.87. The molecule has 0 spiro atoms. The van der Waals surface area contributed by atoms with E-state index in [1.807, 2.05) is 0 Å². The summed E-state index contributed by atoms with van der Waals surface area (Å²) in [6.07, 6.45) is 0. The fourth-order valence-corrected chi connectivity index (χ4v) is 0.953. The van der Waals surface area contributed by atoms with Crippen LogP contribution in [-0.2, 0) is 5.72 Å². The largest absolute Gasteiger partial charge is 0.508 e. The van der Waals surface area contributed by atoms with Crippen LogP contribution in [0.1, 0.15) is 12.5 Å². The number of hydrogen-bond donors (Lipinski definition) is 3. The zero-order valence-corrected chi connectivity index (χ0v) is 7.20. The van der Waals surface area contributed by atoms with Gasteiger partial charge in [-0.3, -0.25) is 5.32 Å². The summed E-state index contributed by atoms with van der Waals surface area (Å²) >= 11 is 0. The Hall–Kier alpha value is -1.06. The Morgan fingerprint density at radius 1 is 1.42 bits per heavy atom. The summed E-state index contributed by atoms with van der Waals surface area (Å²) in [5.74, 6) is 0.156. The third-order valence-corrected chi connectivity index (χ3v) is 1.90. The first-order valence-electron chi connectivity index (χ1n) is 3.77. The molecule has 3 nitrogen and oxygen atoms in total. The Kier molecular flexibility index (Phi) is 2.35. The van der Waals surface area contributed by atoms with Crippen LogP contribution >= 0.6 is 0 Å². The Balaban J connectivity index is 3.03. The van der Waals surface area contributed by atoms with Crippen LogP contribution in [-0.4, -0.2) is 17.3 Å². The van der Waals surface area contributed by atoms with Gasteiger partial charge in [-0.15, -0.1) is 0 Å². The van der Waals surface area contributed by atoms with Crippen LogP contribution in [0.25, 0.3) is 0 Å². The number of aliphatic hydroxyl groups is 1. The fourth-order valence-electron chi connectivity index (χ4n) is 0.953. The molecule has 0 aliphatic rings. The molecular weight excluding hydrogens is 154 g/mol. The van der Waals surface area contributed by atoms with Crippen molar-refractivity contribution in [3.05, 3.63) is 29.8 Å². The van der Waals surface area contributed by atoms with Gasteiger partial charge in [-0.2, -0.15) is 0 Å². The van der Waals surface area contributed by atoms with Gasteiger partial charge in [-0.25, -0.2) is 0 Å². The molecule has 3 heteroatoms. The molecule has 0 bridgehead atoms. The molecule has 0 saturated heterocycles. The third kappa shape index (κ3) is 1.75. The van der Waals surface area contributed by atoms with Crippen molar-refractivity contribution in [2.45, 2.75) is 12.6 Å². The third-order valence-electron chi connectivity index (χ3n) is 1.90. The summed E-state index contributed by atoms with van der Waals surface area (Å²) in [6.45, 7) is 1.63. The van der Waals surface area contributed by atoms with E-state index < -0.39 is 5.72 Å². The van der Waals surface area contributed by atoms with E-state index in [1.54, 1.807) is 32.2 Å². The van der Waals surface area contributed by atoms with Gasteiger partial charge in [0.1, 0.15) is 11.5 Å². The molecule has 0 aromatic heterocycles. The highest BCUT2D eigenvalue weighted by atomic mass is 16.3. The second-order valence-electron chi connectivity index (χ2n) is 2.87. The maximum atomic E-state index is 9.70. The number of aromatic hydroxyl groups is 1. The zero-order chi connectivity index (χ0) is 9.19. The van der Waals surface area contributed by atoms with Gasteiger partial charge in [-0.1, -0.05) is 12.1 Å². The molecular formula is C9H13NO2. The van der Waals surface area contributed by atoms with E-state index in [4.69, 9.17) is 5.11 Å². The van der Waals surface area contributed by atoms with Crippen molar-refractivity contribution < 1.29 is 10.2 Å². The number of hydrogen-bond acceptors (Lipinski definition) is 3. The monoisotopic (exact) mass is 167 g/mol. The summed E-state index contributed by atoms with van der Waals surface area (Å²) in [5.41, 5.74) is -0.441. The molecule has 1 aromatic rings. The maximum Gasteiger partial charge on any atom is 0.139 e. The molecule has 3 N–H and O–H groups in total. The Bertz CT molecular complexity index is 271. The highest BCUT2D eigenvalue weighted by molar-refractivity contribution is 5.30. The number of benzene rings is 1. The van der Waals surface area contributed by atoms with Crippen LogP contribution in [0.2, 0.25) is 0 Å². The normalized spacial score (nSPS) is 15.6. The number of rotatable bonds is 2. The summed E-state index contributed by atoms with van der Waals surface area (Å²) in [5, 5.41) is 21.6. The minimum absolute atomic E-state index is 0.156. The van der Waals surface area contributed by atoms with Gasteiger partial charge in [0, 0.05) is 5.56 Å². The van der Waals surface area contributed by atoms with Gasteiger partial charge >= 0.3 is 0 Å². The lowest BCUT2D eigenvalue weighted by Crippen LogP contribution is -2.36. The van der Waals surface area contributed by atoms with Crippen LogP contribution in [0.4, 0.5) is 0 Å². The lowest BCUT2D eigenvalue weighted by Gasteiger charge is -2.22. The topological polar surface area (TPSA) is 52.5 Å². The molecule has 12 heavy (non-hydrogen) atoms. The van der Waals surface area contributed by atoms with Gasteiger partial charge in [0.05, 0.1) is 0 Å². The zero-order valence-electron chi connectivity index (χ0n) is 7.20. The van der Waals surface area contributed by atoms with Crippen molar-refractivity contribution in [1.29, 1.82) is 0 Å². The van der Waals surface area contributed by atoms with Crippen LogP contribution in [0, 0.1) is 0 Å². The summed E-state index contributed by atoms with van der Waals surface area (Å²) in [4.78, 5) is 0. The number of phenols is 1. The molecule has 1 aromatic carbocycles. The Labute approximate surface area is 71.7 Å². The van der Waals surface area contributed by atoms with E-state index in [-0.39, 0.29) is 5.75 Å². The Morgan fingerprint density at radius 3 is 2.58 bits per heavy atom. The second kappa shape index (κ2) is 3.13. The van der Waals surface area contributed by atoms with Gasteiger partial charge in [-0.05, 0) is 26.1 Å². The van der Waals surface area contributed by atoms with Crippen LogP contribution in [0.5, 0.6) is 5.75 Å². The first-order chi connectivity index (χ1) is 5.56. The van der Waals surface area contributed by atoms with Crippen LogP contribution < -0.4 is 5.32 Å². The first kappa shape index (κ1) is 9.03. The standard InChI is InChI=1S/C9H13NO2/c1-9(12,10-2)7-4-3-5-8(11)6-7/h3-6,10-12H,1-2H3. The molecule has 1 rings (SSSR count). The lowest BCUT2D eigenvalue weighted by atomic mass is 10.1. The molecule has 1 atom stereocenters. The quantitative estimate of drug-likeness (QED) is 0.570. The molecule has 0 amide bonds. The maximum absolute atomic E-state index is 9.70. The predicted octanol–water partition coefficient (Wildman–Crippen LogP) is 0.777. The number of phenolic OH excluding ortho intramolecular Hbond substituents is 1. The Morgan fingerprint density at radius 2 is 2.08 bits per heavy atom. The SMILES string of the molecule is CNC(C)(O)c1cccc(O)c1. The average molecular weight is 167 g/mol. The van der Waals surface area contributed by atoms with Crippen molar-refractivity contribution in [2.24, 2.45) is 0 Å². The van der Waals surface area contributed by atoms with Crippen molar-refractivity contribution in [2.75, 3.05) is 7.05 Å². The summed E-state index contributed by atoms with van der Waals surface area (Å²) in [7, 11) is 1.66. The molecule has 0 fully saturated rings. The van der Waals surface area contributed by atoms with Gasteiger partial charge in [0.2, 0.25) is 0 Å². The smallest absolute Gasteiger partial charge is 0.139 e. The summed E-state index contributed by atoms with van der Waals surface area (Å²) < 4.78 is 0. The minimum Gasteiger partial charge on any atom is -0.508 e. The van der Waals surface area contributed by atoms with Gasteiger partial charge in [0.15, 0.2) is 0 Å². The average Bonchev–Trinajstić information content (AvgIpc) is 2.05. The molecule has 0 radical (unpaired) electrons. The van der Waals surface area contributed by atoms with Crippen molar-refractivity contribution in [3.8, 4) is 5.75 Å². The van der Waals surface area contributed by atoms with E-state index in [1.165, 1.54) is 6.07 Å². The molecule has 0 saturated carbocycles. The molecule has 66 valence electrons. The summed E-state index contributed by atoms with van der Waals surface area (Å²) in [6, 6.07) is 6.53. The van der Waals surface area contributed by atoms with E-state index in [9.17, 15) is 5.11 Å². The van der Waals surface area contributed by atoms with E-state index in [2.05, 4.69) is 5.32 Å².